The molecule has 5 aromatic rings. The minimum atomic E-state index is 0.0187. The van der Waals surface area contributed by atoms with Crippen LogP contribution in [-0.4, -0.2) is 25.1 Å². The predicted octanol–water partition coefficient (Wildman–Crippen LogP) is 5.84. The minimum Gasteiger partial charge on any atom is -0.364 e. The number of anilines is 2. The number of hydrogen-bond acceptors (Lipinski definition) is 5. The van der Waals surface area contributed by atoms with E-state index in [1.807, 2.05) is 73.9 Å². The van der Waals surface area contributed by atoms with E-state index in [2.05, 4.69) is 28.8 Å². The van der Waals surface area contributed by atoms with Crippen LogP contribution >= 0.6 is 0 Å². The highest BCUT2D eigenvalue weighted by molar-refractivity contribution is 5.94. The second-order valence-electron chi connectivity index (χ2n) is 8.85. The van der Waals surface area contributed by atoms with Crippen LogP contribution in [-0.2, 0) is 11.3 Å². The Kier molecular flexibility index (Phi) is 6.60. The first-order valence-corrected chi connectivity index (χ1v) is 12.6. The Balaban J connectivity index is 0.00000137. The molecule has 1 saturated carbocycles. The van der Waals surface area contributed by atoms with E-state index in [9.17, 15) is 10.1 Å². The number of carbonyl (C=O) groups is 1. The van der Waals surface area contributed by atoms with Crippen molar-refractivity contribution in [2.45, 2.75) is 40.2 Å². The molecule has 1 aliphatic rings. The van der Waals surface area contributed by atoms with Gasteiger partial charge < -0.3 is 10.6 Å². The lowest BCUT2D eigenvalue weighted by atomic mass is 10.1. The average molecular weight is 492 g/mol. The smallest absolute Gasteiger partial charge is 0.254 e. The number of nitrogens with zero attached hydrogens (tertiary/aromatic N) is 5. The molecule has 0 radical (unpaired) electrons. The monoisotopic (exact) mass is 491 g/mol. The van der Waals surface area contributed by atoms with Gasteiger partial charge in [0.25, 0.3) is 5.95 Å². The maximum Gasteiger partial charge on any atom is 0.254 e. The lowest BCUT2D eigenvalue weighted by Gasteiger charge is -2.13. The Labute approximate surface area is 215 Å². The Morgan fingerprint density at radius 1 is 1.05 bits per heavy atom. The second kappa shape index (κ2) is 10.2. The average Bonchev–Trinajstić information content (AvgIpc) is 3.63. The van der Waals surface area contributed by atoms with E-state index in [-0.39, 0.29) is 11.8 Å². The van der Waals surface area contributed by atoms with Crippen molar-refractivity contribution in [3.05, 3.63) is 83.6 Å². The number of amides is 1. The van der Waals surface area contributed by atoms with E-state index < -0.39 is 0 Å². The van der Waals surface area contributed by atoms with Crippen molar-refractivity contribution in [1.29, 1.82) is 5.26 Å². The van der Waals surface area contributed by atoms with Gasteiger partial charge >= 0.3 is 0 Å². The fourth-order valence-corrected chi connectivity index (χ4v) is 4.39. The van der Waals surface area contributed by atoms with E-state index in [1.54, 1.807) is 10.6 Å². The van der Waals surface area contributed by atoms with E-state index in [0.717, 1.165) is 40.5 Å². The van der Waals surface area contributed by atoms with Crippen molar-refractivity contribution in [1.82, 2.24) is 19.2 Å². The highest BCUT2D eigenvalue weighted by Gasteiger charge is 2.30. The zero-order chi connectivity index (χ0) is 25.9. The fraction of sp³-hybridized carbons (Fsp3) is 0.241. The molecular weight excluding hydrogens is 462 g/mol. The number of carbonyl (C=O) groups excluding carboxylic acids is 1. The molecule has 0 spiro atoms. The van der Waals surface area contributed by atoms with Gasteiger partial charge in [0.15, 0.2) is 5.82 Å². The first-order chi connectivity index (χ1) is 18.1. The molecule has 1 aliphatic carbocycles. The Morgan fingerprint density at radius 3 is 2.57 bits per heavy atom. The van der Waals surface area contributed by atoms with Crippen molar-refractivity contribution in [3.8, 4) is 12.0 Å². The number of nitrogens with one attached hydrogen (secondary N) is 2. The molecule has 0 bridgehead atoms. The number of fused-ring (bicyclic) bond motifs is 2. The molecule has 0 saturated heterocycles. The molecule has 37 heavy (non-hydrogen) atoms. The van der Waals surface area contributed by atoms with Gasteiger partial charge in [-0.3, -0.25) is 9.36 Å². The Morgan fingerprint density at radius 2 is 1.84 bits per heavy atom. The summed E-state index contributed by atoms with van der Waals surface area (Å²) in [6.07, 6.45) is 1.85. The van der Waals surface area contributed by atoms with Crippen LogP contribution in [0.25, 0.3) is 22.4 Å². The zero-order valence-electron chi connectivity index (χ0n) is 21.2. The summed E-state index contributed by atoms with van der Waals surface area (Å²) in [5, 5.41) is 21.7. The van der Waals surface area contributed by atoms with Crippen molar-refractivity contribution >= 4 is 34.0 Å². The van der Waals surface area contributed by atoms with Crippen molar-refractivity contribution < 1.29 is 4.79 Å². The molecule has 8 nitrogen and oxygen atoms in total. The molecule has 1 fully saturated rings. The third-order valence-electron chi connectivity index (χ3n) is 6.35. The number of aromatic nitrogens is 4. The van der Waals surface area contributed by atoms with Crippen LogP contribution in [0.3, 0.4) is 0 Å². The predicted molar refractivity (Wildman–Crippen MR) is 146 cm³/mol. The number of rotatable bonds is 6. The molecule has 3 heterocycles. The second-order valence-corrected chi connectivity index (χ2v) is 8.85. The van der Waals surface area contributed by atoms with Gasteiger partial charge in [-0.05, 0) is 55.7 Å². The van der Waals surface area contributed by atoms with E-state index in [0.29, 0.717) is 29.7 Å². The van der Waals surface area contributed by atoms with Crippen molar-refractivity contribution in [2.75, 3.05) is 10.6 Å². The molecule has 6 rings (SSSR count). The Hall–Kier alpha value is -4.64. The van der Waals surface area contributed by atoms with Gasteiger partial charge in [0.05, 0.1) is 17.1 Å². The number of nitriles is 1. The zero-order valence-corrected chi connectivity index (χ0v) is 21.2. The van der Waals surface area contributed by atoms with Crippen LogP contribution < -0.4 is 10.6 Å². The maximum absolute atomic E-state index is 12.5. The number of hydrogen-bond donors (Lipinski definition) is 2. The number of benzene rings is 2. The van der Waals surface area contributed by atoms with Crippen molar-refractivity contribution in [3.63, 3.8) is 0 Å². The fourth-order valence-electron chi connectivity index (χ4n) is 4.39. The van der Waals surface area contributed by atoms with Crippen LogP contribution in [0.2, 0.25) is 0 Å². The standard InChI is InChI=1S/C27H23N7O.C2H6/c1-17-14-21-20(15-28)8-5-9-22(21)33(17)27-31-25(29-16-18-6-3-2-4-7-18)23-12-13-24(34(23)32-27)30-26(35)19-10-11-19;1-2/h2-9,12-14,19H,10-11,16H2,1H3,(H,30,35)(H,29,31,32);1-2H3. The summed E-state index contributed by atoms with van der Waals surface area (Å²) in [4.78, 5) is 17.4. The highest BCUT2D eigenvalue weighted by atomic mass is 16.2. The van der Waals surface area contributed by atoms with Crippen LogP contribution in [0.1, 0.15) is 43.5 Å². The third-order valence-corrected chi connectivity index (χ3v) is 6.35. The summed E-state index contributed by atoms with van der Waals surface area (Å²) in [6.45, 7) is 6.56. The molecule has 0 unspecified atom stereocenters. The molecule has 0 atom stereocenters. The largest absolute Gasteiger partial charge is 0.364 e. The van der Waals surface area contributed by atoms with Gasteiger partial charge in [-0.2, -0.15) is 10.2 Å². The third kappa shape index (κ3) is 4.64. The van der Waals surface area contributed by atoms with E-state index >= 15 is 0 Å². The lowest BCUT2D eigenvalue weighted by Crippen LogP contribution is -2.17. The Bertz CT molecular complexity index is 1620. The van der Waals surface area contributed by atoms with Gasteiger partial charge in [0.1, 0.15) is 11.3 Å². The molecule has 3 aromatic heterocycles. The summed E-state index contributed by atoms with van der Waals surface area (Å²) in [5.74, 6) is 1.81. The number of aryl methyl sites for hydroxylation is 1. The van der Waals surface area contributed by atoms with Gasteiger partial charge in [-0.25, -0.2) is 4.52 Å². The van der Waals surface area contributed by atoms with Gasteiger partial charge in [0.2, 0.25) is 5.91 Å². The summed E-state index contributed by atoms with van der Waals surface area (Å²) in [7, 11) is 0. The first-order valence-electron chi connectivity index (χ1n) is 12.6. The molecule has 2 N–H and O–H groups in total. The molecule has 1 amide bonds. The minimum absolute atomic E-state index is 0.0187. The molecule has 0 aliphatic heterocycles. The van der Waals surface area contributed by atoms with Crippen molar-refractivity contribution in [2.24, 2.45) is 5.92 Å². The van der Waals surface area contributed by atoms with E-state index in [1.165, 1.54) is 0 Å². The quantitative estimate of drug-likeness (QED) is 0.311. The summed E-state index contributed by atoms with van der Waals surface area (Å²) in [5.41, 5.74) is 4.26. The first kappa shape index (κ1) is 24.1. The topological polar surface area (TPSA) is 100 Å². The summed E-state index contributed by atoms with van der Waals surface area (Å²) >= 11 is 0. The molecule has 8 heteroatoms. The van der Waals surface area contributed by atoms with Gasteiger partial charge in [-0.15, -0.1) is 5.10 Å². The van der Waals surface area contributed by atoms with Crippen LogP contribution in [0, 0.1) is 24.2 Å². The van der Waals surface area contributed by atoms with Crippen LogP contribution in [0.5, 0.6) is 0 Å². The molecular formula is C29H29N7O. The summed E-state index contributed by atoms with van der Waals surface area (Å²) in [6, 6.07) is 23.7. The molecule has 186 valence electrons. The van der Waals surface area contributed by atoms with Crippen LogP contribution in [0.4, 0.5) is 11.6 Å². The SMILES string of the molecule is CC.Cc1cc2c(C#N)cccc2n1-c1nc(NCc2ccccc2)c2ccc(NC(=O)C3CC3)n2n1. The summed E-state index contributed by atoms with van der Waals surface area (Å²) < 4.78 is 3.67. The van der Waals surface area contributed by atoms with E-state index in [4.69, 9.17) is 10.1 Å². The van der Waals surface area contributed by atoms with Crippen LogP contribution in [0.15, 0.2) is 66.7 Å². The lowest BCUT2D eigenvalue weighted by molar-refractivity contribution is -0.117. The highest BCUT2D eigenvalue weighted by Crippen LogP contribution is 2.31. The van der Waals surface area contributed by atoms with Gasteiger partial charge in [-0.1, -0.05) is 50.2 Å². The maximum atomic E-state index is 12.5. The normalized spacial score (nSPS) is 12.6. The molecule has 2 aromatic carbocycles. The van der Waals surface area contributed by atoms with Gasteiger partial charge in [0, 0.05) is 23.5 Å².